The monoisotopic (exact) mass is 631 g/mol. The van der Waals surface area contributed by atoms with Crippen LogP contribution in [0, 0.1) is 0 Å². The summed E-state index contributed by atoms with van der Waals surface area (Å²) in [6.45, 7) is 9.09. The van der Waals surface area contributed by atoms with Crippen molar-refractivity contribution in [1.82, 2.24) is 0 Å². The number of hydrogen-bond acceptors (Lipinski definition) is 4. The summed E-state index contributed by atoms with van der Waals surface area (Å²) in [5.74, 6) is 1.65. The molecule has 3 aliphatic heterocycles. The average Bonchev–Trinajstić information content (AvgIpc) is 3.30. The lowest BCUT2D eigenvalue weighted by Crippen LogP contribution is -2.30. The summed E-state index contributed by atoms with van der Waals surface area (Å²) >= 11 is 0. The molecule has 0 amide bonds. The molecule has 5 heteroatoms. The first-order valence-corrected chi connectivity index (χ1v) is 17.5. The molecule has 0 saturated heterocycles. The molecule has 6 aromatic carbocycles. The molecule has 0 bridgehead atoms. The van der Waals surface area contributed by atoms with Crippen LogP contribution >= 0.6 is 0 Å². The maximum absolute atomic E-state index is 13.2. The number of sulfone groups is 1. The summed E-state index contributed by atoms with van der Waals surface area (Å²) in [6, 6.07) is 43.2. The number of ether oxygens (including phenoxy) is 1. The fourth-order valence-electron chi connectivity index (χ4n) is 7.96. The van der Waals surface area contributed by atoms with E-state index in [1.54, 1.807) is 18.2 Å². The summed E-state index contributed by atoms with van der Waals surface area (Å²) in [7, 11) is -3.51. The van der Waals surface area contributed by atoms with Crippen molar-refractivity contribution in [2.24, 2.45) is 0 Å². The zero-order valence-electron chi connectivity index (χ0n) is 26.7. The van der Waals surface area contributed by atoms with Gasteiger partial charge in [0, 0.05) is 44.8 Å². The van der Waals surface area contributed by atoms with E-state index in [2.05, 4.69) is 118 Å². The molecule has 0 radical (unpaired) electrons. The van der Waals surface area contributed by atoms with Gasteiger partial charge in [-0.05, 0) is 64.7 Å². The molecular weight excluding hydrogens is 599 g/mol. The minimum atomic E-state index is -3.51. The number of hydrogen-bond donors (Lipinski definition) is 0. The van der Waals surface area contributed by atoms with Gasteiger partial charge in [-0.3, -0.25) is 0 Å². The van der Waals surface area contributed by atoms with Crippen molar-refractivity contribution in [2.75, 3.05) is 4.90 Å². The average molecular weight is 632 g/mol. The first-order chi connectivity index (χ1) is 22.6. The third kappa shape index (κ3) is 3.84. The van der Waals surface area contributed by atoms with Crippen LogP contribution < -0.4 is 9.64 Å². The molecule has 0 fully saturated rings. The zero-order chi connectivity index (χ0) is 32.3. The summed E-state index contributed by atoms with van der Waals surface area (Å²) < 4.78 is 33.2. The van der Waals surface area contributed by atoms with Gasteiger partial charge in [-0.1, -0.05) is 107 Å². The first kappa shape index (κ1) is 28.1. The van der Waals surface area contributed by atoms with E-state index in [1.165, 1.54) is 22.5 Å². The lowest BCUT2D eigenvalue weighted by Gasteiger charge is -2.42. The minimum Gasteiger partial charge on any atom is -0.457 e. The van der Waals surface area contributed by atoms with Gasteiger partial charge in [0.25, 0.3) is 0 Å². The van der Waals surface area contributed by atoms with Gasteiger partial charge in [-0.2, -0.15) is 0 Å². The first-order valence-electron chi connectivity index (χ1n) is 16.0. The van der Waals surface area contributed by atoms with Gasteiger partial charge in [0.05, 0.1) is 21.2 Å². The number of fused-ring (bicyclic) bond motifs is 7. The number of para-hydroxylation sites is 2. The summed E-state index contributed by atoms with van der Waals surface area (Å²) in [6.07, 6.45) is 0. The predicted octanol–water partition coefficient (Wildman–Crippen LogP) is 10.7. The van der Waals surface area contributed by atoms with Crippen LogP contribution in [0.15, 0.2) is 137 Å². The van der Waals surface area contributed by atoms with Crippen molar-refractivity contribution in [1.29, 1.82) is 0 Å². The molecule has 9 rings (SSSR count). The zero-order valence-corrected chi connectivity index (χ0v) is 27.5. The lowest BCUT2D eigenvalue weighted by atomic mass is 9.73. The molecule has 0 saturated carbocycles. The molecule has 0 atom stereocenters. The van der Waals surface area contributed by atoms with Crippen LogP contribution in [-0.2, 0) is 20.7 Å². The molecular formula is C42H33NO3S. The standard InChI is InChI=1S/C42H33NO3S/c1-41(2)31-12-6-8-14-35(31)43(36-15-9-7-13-32(36)41)28-19-21-34-38(25-28)46-37-24-27(17-20-33(37)42(34,3)4)26-18-22-40-30(23-26)29-11-5-10-16-39(29)47(40,44)45/h5-25H,1-4H3. The van der Waals surface area contributed by atoms with E-state index in [0.29, 0.717) is 9.79 Å². The molecule has 3 heterocycles. The molecule has 6 aromatic rings. The molecule has 230 valence electrons. The highest BCUT2D eigenvalue weighted by atomic mass is 32.2. The van der Waals surface area contributed by atoms with Crippen LogP contribution in [0.25, 0.3) is 22.3 Å². The quantitative estimate of drug-likeness (QED) is 0.190. The van der Waals surface area contributed by atoms with E-state index in [4.69, 9.17) is 4.74 Å². The number of anilines is 3. The van der Waals surface area contributed by atoms with Gasteiger partial charge in [0.1, 0.15) is 11.5 Å². The molecule has 0 aromatic heterocycles. The maximum atomic E-state index is 13.2. The Morgan fingerprint density at radius 2 is 1.04 bits per heavy atom. The molecule has 3 aliphatic rings. The molecule has 0 unspecified atom stereocenters. The van der Waals surface area contributed by atoms with Crippen LogP contribution in [0.1, 0.15) is 49.9 Å². The Labute approximate surface area is 275 Å². The van der Waals surface area contributed by atoms with Gasteiger partial charge in [-0.15, -0.1) is 0 Å². The highest BCUT2D eigenvalue weighted by Crippen LogP contribution is 2.55. The van der Waals surface area contributed by atoms with Gasteiger partial charge in [0.15, 0.2) is 0 Å². The van der Waals surface area contributed by atoms with E-state index >= 15 is 0 Å². The Bertz CT molecular complexity index is 2370. The Morgan fingerprint density at radius 3 is 1.77 bits per heavy atom. The fourth-order valence-corrected chi connectivity index (χ4v) is 9.63. The normalized spacial score (nSPS) is 16.9. The predicted molar refractivity (Wildman–Crippen MR) is 188 cm³/mol. The molecule has 0 aliphatic carbocycles. The highest BCUT2D eigenvalue weighted by Gasteiger charge is 2.39. The van der Waals surface area contributed by atoms with Crippen LogP contribution in [-0.4, -0.2) is 8.42 Å². The smallest absolute Gasteiger partial charge is 0.207 e. The fraction of sp³-hybridized carbons (Fsp3) is 0.143. The Balaban J connectivity index is 1.14. The second-order valence-corrected chi connectivity index (χ2v) is 15.7. The van der Waals surface area contributed by atoms with Crippen molar-refractivity contribution in [3.8, 4) is 33.8 Å². The van der Waals surface area contributed by atoms with Crippen molar-refractivity contribution < 1.29 is 13.2 Å². The van der Waals surface area contributed by atoms with E-state index < -0.39 is 9.84 Å². The third-order valence-corrected chi connectivity index (χ3v) is 12.3. The number of rotatable bonds is 2. The molecule has 47 heavy (non-hydrogen) atoms. The Hall–Kier alpha value is -5.13. The second-order valence-electron chi connectivity index (χ2n) is 13.8. The van der Waals surface area contributed by atoms with Crippen molar-refractivity contribution >= 4 is 26.9 Å². The lowest BCUT2D eigenvalue weighted by molar-refractivity contribution is 0.418. The summed E-state index contributed by atoms with van der Waals surface area (Å²) in [5.41, 5.74) is 11.2. The van der Waals surface area contributed by atoms with Gasteiger partial charge < -0.3 is 9.64 Å². The van der Waals surface area contributed by atoms with Crippen LogP contribution in [0.3, 0.4) is 0 Å². The largest absolute Gasteiger partial charge is 0.457 e. The van der Waals surface area contributed by atoms with Gasteiger partial charge in [0.2, 0.25) is 9.84 Å². The second kappa shape index (κ2) is 9.46. The van der Waals surface area contributed by atoms with Gasteiger partial charge >= 0.3 is 0 Å². The molecule has 0 spiro atoms. The summed E-state index contributed by atoms with van der Waals surface area (Å²) in [4.78, 5) is 3.09. The van der Waals surface area contributed by atoms with E-state index in [1.807, 2.05) is 24.3 Å². The summed E-state index contributed by atoms with van der Waals surface area (Å²) in [5, 5.41) is 0. The van der Waals surface area contributed by atoms with E-state index in [0.717, 1.165) is 50.6 Å². The van der Waals surface area contributed by atoms with Crippen LogP contribution in [0.5, 0.6) is 11.5 Å². The Morgan fingerprint density at radius 1 is 0.511 bits per heavy atom. The van der Waals surface area contributed by atoms with Crippen molar-refractivity contribution in [3.05, 3.63) is 150 Å². The molecule has 0 N–H and O–H groups in total. The van der Waals surface area contributed by atoms with Crippen LogP contribution in [0.4, 0.5) is 17.1 Å². The number of benzene rings is 6. The van der Waals surface area contributed by atoms with E-state index in [-0.39, 0.29) is 10.8 Å². The SMILES string of the molecule is CC1(C)c2ccc(-c3ccc4c(c3)-c3ccccc3S4(=O)=O)cc2Oc2cc(N3c4ccccc4C(C)(C)c4ccccc43)ccc21. The number of nitrogens with zero attached hydrogens (tertiary/aromatic N) is 1. The van der Waals surface area contributed by atoms with Crippen molar-refractivity contribution in [2.45, 2.75) is 48.3 Å². The Kier molecular flexibility index (Phi) is 5.66. The van der Waals surface area contributed by atoms with Gasteiger partial charge in [-0.25, -0.2) is 8.42 Å². The third-order valence-electron chi connectivity index (χ3n) is 10.5. The minimum absolute atomic E-state index is 0.129. The highest BCUT2D eigenvalue weighted by molar-refractivity contribution is 7.92. The van der Waals surface area contributed by atoms with Crippen LogP contribution in [0.2, 0.25) is 0 Å². The topological polar surface area (TPSA) is 46.6 Å². The maximum Gasteiger partial charge on any atom is 0.207 e. The molecule has 4 nitrogen and oxygen atoms in total. The van der Waals surface area contributed by atoms with Crippen molar-refractivity contribution in [3.63, 3.8) is 0 Å². The van der Waals surface area contributed by atoms with E-state index in [9.17, 15) is 8.42 Å².